The minimum atomic E-state index is -1.13. The Morgan fingerprint density at radius 2 is 1.86 bits per heavy atom. The monoisotopic (exact) mass is 292 g/mol. The number of hydrogen-bond donors (Lipinski definition) is 1. The van der Waals surface area contributed by atoms with Crippen LogP contribution >= 0.6 is 0 Å². The first-order chi connectivity index (χ1) is 10.0. The normalized spacial score (nSPS) is 11.9. The van der Waals surface area contributed by atoms with Crippen LogP contribution in [0.5, 0.6) is 0 Å². The van der Waals surface area contributed by atoms with Crippen molar-refractivity contribution in [3.8, 4) is 0 Å². The topological polar surface area (TPSA) is 89.9 Å². The molecule has 6 nitrogen and oxygen atoms in total. The van der Waals surface area contributed by atoms with Crippen molar-refractivity contribution < 1.29 is 29.0 Å². The van der Waals surface area contributed by atoms with E-state index in [1.165, 1.54) is 7.11 Å². The zero-order valence-electron chi connectivity index (χ0n) is 11.5. The van der Waals surface area contributed by atoms with E-state index in [1.807, 2.05) is 0 Å². The number of allylic oxidation sites excluding steroid dienone is 1. The molecular formula is C15H16O6. The number of carbonyl (C=O) groups is 3. The van der Waals surface area contributed by atoms with E-state index in [-0.39, 0.29) is 13.0 Å². The lowest BCUT2D eigenvalue weighted by Crippen LogP contribution is -2.21. The lowest BCUT2D eigenvalue weighted by molar-refractivity contribution is -0.135. The van der Waals surface area contributed by atoms with E-state index >= 15 is 0 Å². The summed E-state index contributed by atoms with van der Waals surface area (Å²) < 4.78 is 9.20. The maximum absolute atomic E-state index is 11.6. The largest absolute Gasteiger partial charge is 0.466 e. The number of methoxy groups -OCH3 is 1. The Labute approximate surface area is 122 Å². The molecule has 112 valence electrons. The van der Waals surface area contributed by atoms with Crippen molar-refractivity contribution >= 4 is 17.7 Å². The molecule has 1 atom stereocenters. The van der Waals surface area contributed by atoms with Gasteiger partial charge in [0, 0.05) is 12.5 Å². The van der Waals surface area contributed by atoms with Gasteiger partial charge in [-0.2, -0.15) is 0 Å². The Hall–Kier alpha value is -2.47. The summed E-state index contributed by atoms with van der Waals surface area (Å²) in [6.45, 7) is -0.300. The van der Waals surface area contributed by atoms with E-state index in [2.05, 4.69) is 4.74 Å². The van der Waals surface area contributed by atoms with Crippen molar-refractivity contribution in [3.05, 3.63) is 48.0 Å². The fourth-order valence-electron chi connectivity index (χ4n) is 1.42. The highest BCUT2D eigenvalue weighted by Gasteiger charge is 2.13. The minimum Gasteiger partial charge on any atom is -0.466 e. The molecule has 1 unspecified atom stereocenters. The van der Waals surface area contributed by atoms with Gasteiger partial charge in [0.05, 0.1) is 18.8 Å². The van der Waals surface area contributed by atoms with Crippen LogP contribution in [0.3, 0.4) is 0 Å². The summed E-state index contributed by atoms with van der Waals surface area (Å²) in [6, 6.07) is 8.30. The Bertz CT molecular complexity index is 520. The van der Waals surface area contributed by atoms with E-state index in [4.69, 9.17) is 4.74 Å². The molecule has 0 heterocycles. The summed E-state index contributed by atoms with van der Waals surface area (Å²) in [6.07, 6.45) is 0.585. The highest BCUT2D eigenvalue weighted by atomic mass is 16.5. The highest BCUT2D eigenvalue weighted by molar-refractivity contribution is 5.96. The van der Waals surface area contributed by atoms with Crippen LogP contribution < -0.4 is 0 Å². The number of aliphatic hydroxyl groups excluding tert-OH is 1. The summed E-state index contributed by atoms with van der Waals surface area (Å²) >= 11 is 0. The van der Waals surface area contributed by atoms with Crippen molar-refractivity contribution in [2.24, 2.45) is 0 Å². The number of benzene rings is 1. The molecule has 1 aromatic rings. The van der Waals surface area contributed by atoms with Crippen molar-refractivity contribution in [3.63, 3.8) is 0 Å². The van der Waals surface area contributed by atoms with E-state index in [0.29, 0.717) is 5.56 Å². The van der Waals surface area contributed by atoms with Gasteiger partial charge >= 0.3 is 11.9 Å². The third-order valence-electron chi connectivity index (χ3n) is 2.46. The zero-order chi connectivity index (χ0) is 15.7. The summed E-state index contributed by atoms with van der Waals surface area (Å²) in [5.74, 6) is -1.70. The Morgan fingerprint density at radius 1 is 1.19 bits per heavy atom. The number of ketones is 1. The third-order valence-corrected chi connectivity index (χ3v) is 2.46. The van der Waals surface area contributed by atoms with Crippen molar-refractivity contribution in [2.75, 3.05) is 13.7 Å². The first kappa shape index (κ1) is 16.6. The molecule has 1 rings (SSSR count). The smallest absolute Gasteiger partial charge is 0.338 e. The summed E-state index contributed by atoms with van der Waals surface area (Å²) in [5, 5.41) is 9.59. The van der Waals surface area contributed by atoms with Gasteiger partial charge < -0.3 is 14.6 Å². The van der Waals surface area contributed by atoms with Crippen LogP contribution in [-0.2, 0) is 19.1 Å². The van der Waals surface area contributed by atoms with Gasteiger partial charge in [0.15, 0.2) is 5.78 Å². The number of esters is 2. The molecular weight excluding hydrogens is 276 g/mol. The Morgan fingerprint density at radius 3 is 2.48 bits per heavy atom. The average molecular weight is 292 g/mol. The first-order valence-corrected chi connectivity index (χ1v) is 6.22. The summed E-state index contributed by atoms with van der Waals surface area (Å²) in [4.78, 5) is 33.8. The highest BCUT2D eigenvalue weighted by Crippen LogP contribution is 2.03. The molecule has 1 aromatic carbocycles. The third kappa shape index (κ3) is 6.49. The van der Waals surface area contributed by atoms with Crippen molar-refractivity contribution in [2.45, 2.75) is 12.5 Å². The minimum absolute atomic E-state index is 0.254. The molecule has 0 aliphatic carbocycles. The molecule has 0 saturated heterocycles. The number of ether oxygens (including phenoxy) is 2. The maximum atomic E-state index is 11.6. The molecule has 0 saturated carbocycles. The molecule has 6 heteroatoms. The predicted octanol–water partition coefficient (Wildman–Crippen LogP) is 0.893. The Kier molecular flexibility index (Phi) is 6.83. The standard InChI is InChI=1S/C15H16O6/c1-20-14(18)8-7-12(16)9-13(17)10-21-15(19)11-5-3-2-4-6-11/h2-8,13,17H,9-10H2,1H3/b8-7+. The van der Waals surface area contributed by atoms with Crippen LogP contribution in [-0.4, -0.2) is 42.6 Å². The van der Waals surface area contributed by atoms with Crippen LogP contribution in [0.25, 0.3) is 0 Å². The quantitative estimate of drug-likeness (QED) is 0.593. The van der Waals surface area contributed by atoms with E-state index in [9.17, 15) is 19.5 Å². The van der Waals surface area contributed by atoms with Crippen LogP contribution in [0.15, 0.2) is 42.5 Å². The fraction of sp³-hybridized carbons (Fsp3) is 0.267. The van der Waals surface area contributed by atoms with Gasteiger partial charge in [-0.05, 0) is 18.2 Å². The Balaban J connectivity index is 2.35. The van der Waals surface area contributed by atoms with Gasteiger partial charge in [0.1, 0.15) is 6.61 Å². The molecule has 0 fully saturated rings. The molecule has 0 spiro atoms. The lowest BCUT2D eigenvalue weighted by Gasteiger charge is -2.09. The molecule has 0 bridgehead atoms. The number of hydrogen-bond acceptors (Lipinski definition) is 6. The molecule has 21 heavy (non-hydrogen) atoms. The second kappa shape index (κ2) is 8.65. The molecule has 0 aliphatic heterocycles. The number of carbonyl (C=O) groups excluding carboxylic acids is 3. The van der Waals surface area contributed by atoms with E-state index in [0.717, 1.165) is 12.2 Å². The van der Waals surface area contributed by atoms with Gasteiger partial charge in [-0.3, -0.25) is 4.79 Å². The van der Waals surface area contributed by atoms with Gasteiger partial charge in [-0.25, -0.2) is 9.59 Å². The molecule has 0 amide bonds. The second-order valence-corrected chi connectivity index (χ2v) is 4.15. The summed E-state index contributed by atoms with van der Waals surface area (Å²) in [7, 11) is 1.19. The van der Waals surface area contributed by atoms with Gasteiger partial charge in [0.25, 0.3) is 0 Å². The summed E-state index contributed by atoms with van der Waals surface area (Å²) in [5.41, 5.74) is 0.363. The van der Waals surface area contributed by atoms with Crippen molar-refractivity contribution in [1.82, 2.24) is 0 Å². The second-order valence-electron chi connectivity index (χ2n) is 4.15. The zero-order valence-corrected chi connectivity index (χ0v) is 11.5. The van der Waals surface area contributed by atoms with Gasteiger partial charge in [0.2, 0.25) is 0 Å². The average Bonchev–Trinajstić information content (AvgIpc) is 2.51. The van der Waals surface area contributed by atoms with E-state index < -0.39 is 23.8 Å². The molecule has 0 aromatic heterocycles. The van der Waals surface area contributed by atoms with E-state index in [1.54, 1.807) is 30.3 Å². The van der Waals surface area contributed by atoms with Crippen LogP contribution in [0.2, 0.25) is 0 Å². The van der Waals surface area contributed by atoms with Crippen LogP contribution in [0, 0.1) is 0 Å². The van der Waals surface area contributed by atoms with Crippen molar-refractivity contribution in [1.29, 1.82) is 0 Å². The van der Waals surface area contributed by atoms with Gasteiger partial charge in [-0.15, -0.1) is 0 Å². The number of aliphatic hydroxyl groups is 1. The fourth-order valence-corrected chi connectivity index (χ4v) is 1.42. The molecule has 1 N–H and O–H groups in total. The predicted molar refractivity (Wildman–Crippen MR) is 73.5 cm³/mol. The SMILES string of the molecule is COC(=O)/C=C/C(=O)CC(O)COC(=O)c1ccccc1. The molecule has 0 aliphatic rings. The maximum Gasteiger partial charge on any atom is 0.338 e. The van der Waals surface area contributed by atoms with Crippen LogP contribution in [0.1, 0.15) is 16.8 Å². The number of rotatable bonds is 7. The lowest BCUT2D eigenvalue weighted by atomic mass is 10.2. The van der Waals surface area contributed by atoms with Crippen LogP contribution in [0.4, 0.5) is 0 Å². The first-order valence-electron chi connectivity index (χ1n) is 6.22. The van der Waals surface area contributed by atoms with Gasteiger partial charge in [-0.1, -0.05) is 18.2 Å². The molecule has 0 radical (unpaired) electrons.